The van der Waals surface area contributed by atoms with E-state index in [9.17, 15) is 8.42 Å². The molecule has 0 bridgehead atoms. The zero-order valence-corrected chi connectivity index (χ0v) is 20.1. The maximum atomic E-state index is 12.7. The zero-order chi connectivity index (χ0) is 30.9. The van der Waals surface area contributed by atoms with Gasteiger partial charge in [-0.2, -0.15) is 13.1 Å². The van der Waals surface area contributed by atoms with Gasteiger partial charge in [0.25, 0.3) is 10.2 Å². The summed E-state index contributed by atoms with van der Waals surface area (Å²) in [6.45, 7) is -5.13. The molecule has 10 nitrogen and oxygen atoms in total. The second-order valence-electron chi connectivity index (χ2n) is 5.63. The lowest BCUT2D eigenvalue weighted by atomic mass is 10.1. The number of rotatable bonds is 11. The number of hydrogen-bond donors (Lipinski definition) is 2. The molecule has 0 aliphatic heterocycles. The van der Waals surface area contributed by atoms with Crippen LogP contribution in [0.25, 0.3) is 11.1 Å². The minimum absolute atomic E-state index is 0.00945. The summed E-state index contributed by atoms with van der Waals surface area (Å²) < 4.78 is 114. The van der Waals surface area contributed by atoms with Gasteiger partial charge in [-0.25, -0.2) is 19.9 Å². The van der Waals surface area contributed by atoms with Crippen LogP contribution in [0.1, 0.15) is 25.7 Å². The highest BCUT2D eigenvalue weighted by molar-refractivity contribution is 9.10. The van der Waals surface area contributed by atoms with Gasteiger partial charge >= 0.3 is 6.01 Å². The van der Waals surface area contributed by atoms with Gasteiger partial charge in [0.05, 0.1) is 21.0 Å². The highest BCUT2D eigenvalue weighted by atomic mass is 79.9. The van der Waals surface area contributed by atoms with Gasteiger partial charge in [-0.1, -0.05) is 34.9 Å². The quantitative estimate of drug-likeness (QED) is 0.344. The van der Waals surface area contributed by atoms with Crippen LogP contribution < -0.4 is 18.9 Å². The van der Waals surface area contributed by atoms with Gasteiger partial charge in [-0.05, 0) is 40.0 Å². The minimum Gasteiger partial charge on any atom is -0.473 e. The van der Waals surface area contributed by atoms with Crippen LogP contribution in [-0.4, -0.2) is 48.0 Å². The summed E-state index contributed by atoms with van der Waals surface area (Å²) in [4.78, 5) is 14.8. The van der Waals surface area contributed by atoms with E-state index in [2.05, 4.69) is 56.5 Å². The SMILES string of the molecule is [2H]c1nc(NS(=O)(=O)NCCC)c(-c2c([2H])c([2H])c(Br)c([2H])c2[2H])c(OC([2H])([2H])C([2H])([2H])Oc2ncc(Br)cn2)n1. The summed E-state index contributed by atoms with van der Waals surface area (Å²) in [5, 5.41) is 0. The second-order valence-corrected chi connectivity index (χ2v) is 8.84. The molecule has 1 aromatic carbocycles. The predicted molar refractivity (Wildman–Crippen MR) is 127 cm³/mol. The van der Waals surface area contributed by atoms with E-state index in [4.69, 9.17) is 21.8 Å². The van der Waals surface area contributed by atoms with E-state index in [1.807, 2.05) is 4.72 Å². The topological polar surface area (TPSA) is 128 Å². The third kappa shape index (κ3) is 7.08. The fourth-order valence-corrected chi connectivity index (χ4v) is 3.37. The van der Waals surface area contributed by atoms with Crippen molar-refractivity contribution in [2.75, 3.05) is 24.4 Å². The van der Waals surface area contributed by atoms with Crippen molar-refractivity contribution in [3.63, 3.8) is 0 Å². The van der Waals surface area contributed by atoms with E-state index >= 15 is 0 Å². The Hall–Kier alpha value is -2.35. The van der Waals surface area contributed by atoms with Gasteiger partial charge in [-0.15, -0.1) is 0 Å². The lowest BCUT2D eigenvalue weighted by Crippen LogP contribution is -2.31. The summed E-state index contributed by atoms with van der Waals surface area (Å²) in [6, 6.07) is -3.20. The molecule has 0 saturated heterocycles. The van der Waals surface area contributed by atoms with E-state index in [1.54, 1.807) is 6.92 Å². The second kappa shape index (κ2) is 11.5. The van der Waals surface area contributed by atoms with Crippen LogP contribution in [0.5, 0.6) is 11.9 Å². The lowest BCUT2D eigenvalue weighted by Gasteiger charge is -2.15. The maximum Gasteiger partial charge on any atom is 0.316 e. The Kier molecular flexibility index (Phi) is 5.29. The van der Waals surface area contributed by atoms with Crippen molar-refractivity contribution in [3.05, 3.63) is 51.8 Å². The largest absolute Gasteiger partial charge is 0.473 e. The van der Waals surface area contributed by atoms with Crippen molar-refractivity contribution in [2.24, 2.45) is 0 Å². The average Bonchev–Trinajstić information content (AvgIpc) is 2.87. The number of hydrogen-bond acceptors (Lipinski definition) is 8. The highest BCUT2D eigenvalue weighted by Gasteiger charge is 2.19. The molecule has 3 rings (SSSR count). The Morgan fingerprint density at radius 2 is 1.72 bits per heavy atom. The predicted octanol–water partition coefficient (Wildman–Crippen LogP) is 3.57. The third-order valence-corrected chi connectivity index (χ3v) is 5.16. The molecular formula is C19H20Br2N6O4S. The summed E-state index contributed by atoms with van der Waals surface area (Å²) >= 11 is 6.05. The number of ether oxygens (including phenoxy) is 2. The van der Waals surface area contributed by atoms with E-state index in [0.717, 1.165) is 0 Å². The van der Waals surface area contributed by atoms with Crippen molar-refractivity contribution in [3.8, 4) is 23.0 Å². The first kappa shape index (κ1) is 14.7. The molecule has 0 amide bonds. The molecule has 0 spiro atoms. The van der Waals surface area contributed by atoms with E-state index in [-0.39, 0.29) is 11.0 Å². The smallest absolute Gasteiger partial charge is 0.316 e. The van der Waals surface area contributed by atoms with Gasteiger partial charge in [0, 0.05) is 23.4 Å². The monoisotopic (exact) mass is 595 g/mol. The Morgan fingerprint density at radius 3 is 2.41 bits per heavy atom. The molecule has 2 heterocycles. The van der Waals surface area contributed by atoms with Crippen LogP contribution in [0.4, 0.5) is 5.82 Å². The molecule has 0 radical (unpaired) electrons. The number of nitrogens with one attached hydrogen (secondary N) is 2. The van der Waals surface area contributed by atoms with Crippen molar-refractivity contribution in [1.82, 2.24) is 24.7 Å². The first-order chi connectivity index (χ1) is 18.9. The summed E-state index contributed by atoms with van der Waals surface area (Å²) in [5.74, 6) is -1.75. The normalized spacial score (nSPS) is 16.2. The summed E-state index contributed by atoms with van der Waals surface area (Å²) in [6.07, 6.45) is 1.91. The molecule has 13 heteroatoms. The molecule has 0 unspecified atom stereocenters. The molecule has 0 atom stereocenters. The summed E-state index contributed by atoms with van der Waals surface area (Å²) in [7, 11) is -4.40. The average molecular weight is 597 g/mol. The summed E-state index contributed by atoms with van der Waals surface area (Å²) in [5.41, 5.74) is -1.33. The third-order valence-electron chi connectivity index (χ3n) is 3.31. The van der Waals surface area contributed by atoms with Crippen molar-refractivity contribution in [2.45, 2.75) is 13.3 Å². The number of benzene rings is 1. The van der Waals surface area contributed by atoms with E-state index in [0.29, 0.717) is 10.9 Å². The van der Waals surface area contributed by atoms with Crippen molar-refractivity contribution < 1.29 is 30.2 Å². The zero-order valence-electron chi connectivity index (χ0n) is 25.2. The van der Waals surface area contributed by atoms with Crippen LogP contribution in [0, 0.1) is 0 Å². The molecule has 0 aliphatic carbocycles. The maximum absolute atomic E-state index is 12.7. The number of aromatic nitrogens is 4. The Balaban J connectivity index is 2.25. The van der Waals surface area contributed by atoms with Gasteiger partial charge in [-0.3, -0.25) is 4.72 Å². The van der Waals surface area contributed by atoms with Crippen molar-refractivity contribution >= 4 is 47.9 Å². The fraction of sp³-hybridized carbons (Fsp3) is 0.263. The molecule has 32 heavy (non-hydrogen) atoms. The van der Waals surface area contributed by atoms with Gasteiger partial charge in [0.2, 0.25) is 5.88 Å². The van der Waals surface area contributed by atoms with Crippen LogP contribution in [0.2, 0.25) is 0 Å². The first-order valence-corrected chi connectivity index (χ1v) is 11.8. The Labute approximate surface area is 215 Å². The number of halogens is 2. The fourth-order valence-electron chi connectivity index (χ4n) is 2.02. The van der Waals surface area contributed by atoms with E-state index < -0.39 is 82.6 Å². The Bertz CT molecular complexity index is 1540. The van der Waals surface area contributed by atoms with Crippen LogP contribution in [0.15, 0.2) is 51.8 Å². The molecular weight excluding hydrogens is 568 g/mol. The molecule has 2 aromatic heterocycles. The van der Waals surface area contributed by atoms with Crippen LogP contribution in [0.3, 0.4) is 0 Å². The standard InChI is InChI=1S/C19H20Br2N6O4S/c1-2-7-26-32(28,29)27-17-16(13-3-5-14(20)6-4-13)18(25-12-24-17)30-8-9-31-19-22-10-15(21)11-23-19/h3-6,10-12,26H,2,7-9H2,1H3,(H,24,25,27)/i3D,4D,5D,6D,8D2,9D2,12D. The molecule has 2 N–H and O–H groups in total. The number of anilines is 1. The van der Waals surface area contributed by atoms with Crippen LogP contribution in [-0.2, 0) is 10.2 Å². The molecule has 3 aromatic rings. The van der Waals surface area contributed by atoms with Gasteiger partial charge < -0.3 is 9.47 Å². The first-order valence-electron chi connectivity index (χ1n) is 13.2. The molecule has 170 valence electrons. The van der Waals surface area contributed by atoms with Gasteiger partial charge in [0.15, 0.2) is 5.82 Å². The van der Waals surface area contributed by atoms with Crippen molar-refractivity contribution in [1.29, 1.82) is 0 Å². The molecule has 0 aliphatic rings. The minimum atomic E-state index is -4.40. The Morgan fingerprint density at radius 1 is 1.03 bits per heavy atom. The highest BCUT2D eigenvalue weighted by Crippen LogP contribution is 2.34. The van der Waals surface area contributed by atoms with Crippen LogP contribution >= 0.6 is 31.9 Å². The lowest BCUT2D eigenvalue weighted by molar-refractivity contribution is 0.202. The number of nitrogens with zero attached hydrogens (tertiary/aromatic N) is 4. The molecule has 0 fully saturated rings. The molecule has 0 saturated carbocycles. The van der Waals surface area contributed by atoms with E-state index in [1.165, 1.54) is 12.4 Å². The van der Waals surface area contributed by atoms with Gasteiger partial charge in [0.1, 0.15) is 20.8 Å².